The average Bonchev–Trinajstić information content (AvgIpc) is 3.23. The highest BCUT2D eigenvalue weighted by atomic mass is 35.5. The first-order valence-corrected chi connectivity index (χ1v) is 10.2. The molecule has 0 bridgehead atoms. The molecule has 0 spiro atoms. The number of aromatic nitrogens is 4. The normalized spacial score (nSPS) is 14.3. The Balaban J connectivity index is 1.34. The SMILES string of the molecule is O=C(c1ccc(F)cc1Cl)N1CCN(c2ccc3nnc(-c4ccccc4)n3n2)CC1. The van der Waals surface area contributed by atoms with Crippen molar-refractivity contribution in [1.82, 2.24) is 24.7 Å². The Kier molecular flexibility index (Phi) is 4.99. The van der Waals surface area contributed by atoms with Crippen LogP contribution in [0, 0.1) is 5.82 Å². The molecule has 2 aromatic heterocycles. The van der Waals surface area contributed by atoms with E-state index in [0.29, 0.717) is 43.2 Å². The molecule has 1 aliphatic rings. The lowest BCUT2D eigenvalue weighted by atomic mass is 10.1. The van der Waals surface area contributed by atoms with Crippen LogP contribution in [0.5, 0.6) is 0 Å². The fraction of sp³-hybridized carbons (Fsp3) is 0.182. The summed E-state index contributed by atoms with van der Waals surface area (Å²) in [5.74, 6) is 0.809. The molecule has 156 valence electrons. The third-order valence-electron chi connectivity index (χ3n) is 5.33. The Bertz CT molecular complexity index is 1250. The number of fused-ring (bicyclic) bond motifs is 1. The Labute approximate surface area is 182 Å². The smallest absolute Gasteiger partial charge is 0.255 e. The van der Waals surface area contributed by atoms with Crippen molar-refractivity contribution >= 4 is 29.0 Å². The molecular formula is C22H18ClFN6O. The third kappa shape index (κ3) is 3.70. The first kappa shape index (κ1) is 19.4. The number of halogens is 2. The second kappa shape index (κ2) is 7.96. The molecule has 0 aliphatic carbocycles. The summed E-state index contributed by atoms with van der Waals surface area (Å²) >= 11 is 6.06. The molecule has 0 N–H and O–H groups in total. The molecule has 1 aliphatic heterocycles. The number of carbonyl (C=O) groups is 1. The van der Waals surface area contributed by atoms with Gasteiger partial charge in [-0.05, 0) is 30.3 Å². The molecule has 4 aromatic rings. The number of anilines is 1. The summed E-state index contributed by atoms with van der Waals surface area (Å²) < 4.78 is 15.0. The van der Waals surface area contributed by atoms with Crippen LogP contribution in [0.1, 0.15) is 10.4 Å². The van der Waals surface area contributed by atoms with Crippen LogP contribution in [-0.4, -0.2) is 56.8 Å². The van der Waals surface area contributed by atoms with Gasteiger partial charge in [-0.2, -0.15) is 4.52 Å². The van der Waals surface area contributed by atoms with E-state index in [-0.39, 0.29) is 10.9 Å². The quantitative estimate of drug-likeness (QED) is 0.491. The van der Waals surface area contributed by atoms with Crippen LogP contribution in [0.2, 0.25) is 5.02 Å². The molecule has 1 amide bonds. The maximum Gasteiger partial charge on any atom is 0.255 e. The zero-order valence-corrected chi connectivity index (χ0v) is 17.2. The number of rotatable bonds is 3. The molecule has 7 nitrogen and oxygen atoms in total. The Hall–Kier alpha value is -3.52. The van der Waals surface area contributed by atoms with E-state index in [1.807, 2.05) is 42.5 Å². The second-order valence-electron chi connectivity index (χ2n) is 7.25. The summed E-state index contributed by atoms with van der Waals surface area (Å²) in [6.07, 6.45) is 0. The third-order valence-corrected chi connectivity index (χ3v) is 5.65. The van der Waals surface area contributed by atoms with Gasteiger partial charge in [-0.1, -0.05) is 41.9 Å². The molecule has 0 unspecified atom stereocenters. The molecule has 9 heteroatoms. The molecule has 1 saturated heterocycles. The highest BCUT2D eigenvalue weighted by Gasteiger charge is 2.25. The Morgan fingerprint density at radius 3 is 2.45 bits per heavy atom. The van der Waals surface area contributed by atoms with Crippen molar-refractivity contribution in [3.05, 3.63) is 77.1 Å². The van der Waals surface area contributed by atoms with E-state index in [2.05, 4.69) is 15.1 Å². The van der Waals surface area contributed by atoms with Gasteiger partial charge in [-0.15, -0.1) is 15.3 Å². The van der Waals surface area contributed by atoms with Crippen molar-refractivity contribution in [2.75, 3.05) is 31.1 Å². The van der Waals surface area contributed by atoms with E-state index in [0.717, 1.165) is 17.4 Å². The number of amides is 1. The van der Waals surface area contributed by atoms with Gasteiger partial charge in [0, 0.05) is 31.7 Å². The van der Waals surface area contributed by atoms with Crippen LogP contribution < -0.4 is 4.90 Å². The van der Waals surface area contributed by atoms with Crippen molar-refractivity contribution in [2.45, 2.75) is 0 Å². The van der Waals surface area contributed by atoms with Gasteiger partial charge in [-0.25, -0.2) is 4.39 Å². The topological polar surface area (TPSA) is 66.6 Å². The molecule has 5 rings (SSSR count). The number of carbonyl (C=O) groups excluding carboxylic acids is 1. The van der Waals surface area contributed by atoms with Gasteiger partial charge in [0.05, 0.1) is 10.6 Å². The average molecular weight is 437 g/mol. The van der Waals surface area contributed by atoms with E-state index in [4.69, 9.17) is 16.7 Å². The maximum atomic E-state index is 13.3. The van der Waals surface area contributed by atoms with Gasteiger partial charge in [0.15, 0.2) is 11.5 Å². The monoisotopic (exact) mass is 436 g/mol. The Morgan fingerprint density at radius 1 is 0.935 bits per heavy atom. The van der Waals surface area contributed by atoms with Crippen LogP contribution >= 0.6 is 11.6 Å². The predicted octanol–water partition coefficient (Wildman–Crippen LogP) is 3.55. The highest BCUT2D eigenvalue weighted by molar-refractivity contribution is 6.33. The summed E-state index contributed by atoms with van der Waals surface area (Å²) in [7, 11) is 0. The van der Waals surface area contributed by atoms with Crippen molar-refractivity contribution in [3.63, 3.8) is 0 Å². The van der Waals surface area contributed by atoms with Gasteiger partial charge in [-0.3, -0.25) is 4.79 Å². The summed E-state index contributed by atoms with van der Waals surface area (Å²) in [5, 5.41) is 13.3. The van der Waals surface area contributed by atoms with E-state index in [1.165, 1.54) is 12.1 Å². The maximum absolute atomic E-state index is 13.3. The van der Waals surface area contributed by atoms with E-state index in [9.17, 15) is 9.18 Å². The molecule has 3 heterocycles. The van der Waals surface area contributed by atoms with Crippen molar-refractivity contribution in [1.29, 1.82) is 0 Å². The molecule has 1 fully saturated rings. The van der Waals surface area contributed by atoms with Crippen LogP contribution in [0.4, 0.5) is 10.2 Å². The molecule has 0 radical (unpaired) electrons. The van der Waals surface area contributed by atoms with Crippen LogP contribution in [0.25, 0.3) is 17.0 Å². The van der Waals surface area contributed by atoms with E-state index < -0.39 is 5.82 Å². The van der Waals surface area contributed by atoms with E-state index in [1.54, 1.807) is 9.42 Å². The summed E-state index contributed by atoms with van der Waals surface area (Å²) in [4.78, 5) is 16.6. The highest BCUT2D eigenvalue weighted by Crippen LogP contribution is 2.22. The summed E-state index contributed by atoms with van der Waals surface area (Å²) in [6, 6.07) is 17.4. The van der Waals surface area contributed by atoms with Crippen LogP contribution in [-0.2, 0) is 0 Å². The number of hydrogen-bond acceptors (Lipinski definition) is 5. The van der Waals surface area contributed by atoms with Crippen molar-refractivity contribution in [3.8, 4) is 11.4 Å². The summed E-state index contributed by atoms with van der Waals surface area (Å²) in [6.45, 7) is 2.26. The minimum Gasteiger partial charge on any atom is -0.352 e. The zero-order chi connectivity index (χ0) is 21.4. The van der Waals surface area contributed by atoms with Gasteiger partial charge < -0.3 is 9.80 Å². The lowest BCUT2D eigenvalue weighted by Crippen LogP contribution is -2.49. The van der Waals surface area contributed by atoms with Crippen molar-refractivity contribution in [2.24, 2.45) is 0 Å². The number of hydrogen-bond donors (Lipinski definition) is 0. The molecule has 0 atom stereocenters. The van der Waals surface area contributed by atoms with Gasteiger partial charge in [0.2, 0.25) is 0 Å². The second-order valence-corrected chi connectivity index (χ2v) is 7.66. The minimum atomic E-state index is -0.461. The van der Waals surface area contributed by atoms with Crippen LogP contribution in [0.3, 0.4) is 0 Å². The lowest BCUT2D eigenvalue weighted by Gasteiger charge is -2.35. The molecule has 0 saturated carbocycles. The fourth-order valence-corrected chi connectivity index (χ4v) is 3.94. The van der Waals surface area contributed by atoms with Gasteiger partial charge in [0.1, 0.15) is 11.6 Å². The summed E-state index contributed by atoms with van der Waals surface area (Å²) in [5.41, 5.74) is 1.92. The Morgan fingerprint density at radius 2 is 1.71 bits per heavy atom. The minimum absolute atomic E-state index is 0.126. The number of nitrogens with zero attached hydrogens (tertiary/aromatic N) is 6. The predicted molar refractivity (Wildman–Crippen MR) is 116 cm³/mol. The standard InChI is InChI=1S/C22H18ClFN6O/c23-18-14-16(24)6-7-17(18)22(31)29-12-10-28(11-13-29)20-9-8-19-25-26-21(30(19)27-20)15-4-2-1-3-5-15/h1-9,14H,10-13H2. The molecule has 31 heavy (non-hydrogen) atoms. The largest absolute Gasteiger partial charge is 0.352 e. The van der Waals surface area contributed by atoms with E-state index >= 15 is 0 Å². The first-order valence-electron chi connectivity index (χ1n) is 9.87. The number of benzene rings is 2. The fourth-order valence-electron chi connectivity index (χ4n) is 3.69. The van der Waals surface area contributed by atoms with Crippen molar-refractivity contribution < 1.29 is 9.18 Å². The molecule has 2 aromatic carbocycles. The molecular weight excluding hydrogens is 419 g/mol. The first-order chi connectivity index (χ1) is 15.1. The lowest BCUT2D eigenvalue weighted by molar-refractivity contribution is 0.0746. The zero-order valence-electron chi connectivity index (χ0n) is 16.4. The number of piperazine rings is 1. The van der Waals surface area contributed by atoms with Crippen LogP contribution in [0.15, 0.2) is 60.7 Å². The van der Waals surface area contributed by atoms with Gasteiger partial charge >= 0.3 is 0 Å². The van der Waals surface area contributed by atoms with Gasteiger partial charge in [0.25, 0.3) is 5.91 Å².